The number of hydrogen-bond donors (Lipinski definition) is 3. The number of aromatic nitrogens is 3. The summed E-state index contributed by atoms with van der Waals surface area (Å²) in [5.41, 5.74) is 3.60. The van der Waals surface area contributed by atoms with E-state index in [9.17, 15) is 19.0 Å². The molecule has 8 nitrogen and oxygen atoms in total. The molecule has 0 radical (unpaired) electrons. The Bertz CT molecular complexity index is 1260. The molecule has 4 atom stereocenters. The molecule has 198 valence electrons. The van der Waals surface area contributed by atoms with Gasteiger partial charge in [0, 0.05) is 43.4 Å². The number of ether oxygens (including phenoxy) is 1. The number of rotatable bonds is 6. The van der Waals surface area contributed by atoms with E-state index >= 15 is 0 Å². The molecular formula is C27H33F2N5O3. The highest BCUT2D eigenvalue weighted by Gasteiger charge is 2.28. The van der Waals surface area contributed by atoms with Gasteiger partial charge in [0.15, 0.2) is 5.82 Å². The summed E-state index contributed by atoms with van der Waals surface area (Å²) in [5.74, 6) is -0.158. The molecule has 0 aliphatic carbocycles. The molecule has 0 unspecified atom stereocenters. The minimum atomic E-state index is -1.26. The molecule has 1 aromatic carbocycles. The zero-order valence-corrected chi connectivity index (χ0v) is 21.1. The SMILES string of the molecule is CC(C)c1c(CN2CC[C@H](O)[C@H](F)C2)cnc2ccc(-c3nc(N[C@@H]4CCOC[C@H]4O)ncc3F)cc12. The van der Waals surface area contributed by atoms with Crippen LogP contribution in [-0.2, 0) is 11.3 Å². The molecule has 2 aliphatic rings. The molecule has 4 heterocycles. The minimum absolute atomic E-state index is 0.148. The van der Waals surface area contributed by atoms with Crippen molar-refractivity contribution in [2.75, 3.05) is 31.6 Å². The monoisotopic (exact) mass is 513 g/mol. The number of alkyl halides is 1. The van der Waals surface area contributed by atoms with Crippen LogP contribution in [0.2, 0.25) is 0 Å². The van der Waals surface area contributed by atoms with Gasteiger partial charge in [-0.25, -0.2) is 18.7 Å². The summed E-state index contributed by atoms with van der Waals surface area (Å²) in [7, 11) is 0. The molecule has 10 heteroatoms. The van der Waals surface area contributed by atoms with Crippen molar-refractivity contribution in [2.45, 2.75) is 63.6 Å². The lowest BCUT2D eigenvalue weighted by Gasteiger charge is -2.33. The Hall–Kier alpha value is -2.79. The van der Waals surface area contributed by atoms with Gasteiger partial charge in [-0.05, 0) is 42.0 Å². The fourth-order valence-electron chi connectivity index (χ4n) is 5.25. The molecule has 3 N–H and O–H groups in total. The second-order valence-corrected chi connectivity index (χ2v) is 10.3. The van der Waals surface area contributed by atoms with E-state index in [-0.39, 0.29) is 36.8 Å². The summed E-state index contributed by atoms with van der Waals surface area (Å²) in [5, 5.41) is 23.9. The van der Waals surface area contributed by atoms with E-state index in [4.69, 9.17) is 4.74 Å². The Labute approximate surface area is 214 Å². The number of benzene rings is 1. The number of piperidine rings is 1. The Morgan fingerprint density at radius 2 is 2.00 bits per heavy atom. The lowest BCUT2D eigenvalue weighted by Crippen LogP contribution is -2.44. The van der Waals surface area contributed by atoms with Crippen LogP contribution < -0.4 is 5.32 Å². The second-order valence-electron chi connectivity index (χ2n) is 10.3. The number of pyridine rings is 1. The van der Waals surface area contributed by atoms with Crippen LogP contribution in [0.3, 0.4) is 0 Å². The smallest absolute Gasteiger partial charge is 0.223 e. The first kappa shape index (κ1) is 25.8. The van der Waals surface area contributed by atoms with Crippen LogP contribution in [0.15, 0.2) is 30.6 Å². The summed E-state index contributed by atoms with van der Waals surface area (Å²) in [6.07, 6.45) is 1.10. The topological polar surface area (TPSA) is 104 Å². The predicted molar refractivity (Wildman–Crippen MR) is 136 cm³/mol. The molecule has 3 aromatic rings. The third-order valence-corrected chi connectivity index (χ3v) is 7.21. The molecule has 37 heavy (non-hydrogen) atoms. The van der Waals surface area contributed by atoms with Crippen LogP contribution in [0.1, 0.15) is 43.7 Å². The molecule has 2 fully saturated rings. The molecule has 0 spiro atoms. The predicted octanol–water partition coefficient (Wildman–Crippen LogP) is 3.42. The molecule has 0 amide bonds. The van der Waals surface area contributed by atoms with E-state index in [2.05, 4.69) is 34.1 Å². The minimum Gasteiger partial charge on any atom is -0.390 e. The Kier molecular flexibility index (Phi) is 7.62. The van der Waals surface area contributed by atoms with Crippen LogP contribution in [0.5, 0.6) is 0 Å². The van der Waals surface area contributed by atoms with E-state index in [0.717, 1.165) is 28.2 Å². The van der Waals surface area contributed by atoms with Gasteiger partial charge in [0.05, 0.1) is 36.6 Å². The van der Waals surface area contributed by atoms with E-state index < -0.39 is 24.2 Å². The summed E-state index contributed by atoms with van der Waals surface area (Å²) in [6, 6.07) is 5.27. The molecule has 0 bridgehead atoms. The van der Waals surface area contributed by atoms with Crippen molar-refractivity contribution in [1.82, 2.24) is 19.9 Å². The first-order valence-electron chi connectivity index (χ1n) is 12.8. The highest BCUT2D eigenvalue weighted by atomic mass is 19.1. The van der Waals surface area contributed by atoms with Crippen LogP contribution >= 0.6 is 0 Å². The maximum atomic E-state index is 14.9. The maximum absolute atomic E-state index is 14.9. The van der Waals surface area contributed by atoms with Crippen molar-refractivity contribution in [3.8, 4) is 11.3 Å². The fraction of sp³-hybridized carbons (Fsp3) is 0.519. The van der Waals surface area contributed by atoms with Gasteiger partial charge in [0.1, 0.15) is 11.9 Å². The molecule has 2 aliphatic heterocycles. The van der Waals surface area contributed by atoms with Gasteiger partial charge in [-0.15, -0.1) is 0 Å². The fourth-order valence-corrected chi connectivity index (χ4v) is 5.25. The average molecular weight is 514 g/mol. The molecule has 2 saturated heterocycles. The Morgan fingerprint density at radius 3 is 2.76 bits per heavy atom. The number of aliphatic hydroxyl groups is 2. The van der Waals surface area contributed by atoms with Gasteiger partial charge in [-0.1, -0.05) is 19.9 Å². The van der Waals surface area contributed by atoms with Crippen molar-refractivity contribution in [1.29, 1.82) is 0 Å². The van der Waals surface area contributed by atoms with Gasteiger partial charge in [0.25, 0.3) is 0 Å². The molecular weight excluding hydrogens is 480 g/mol. The summed E-state index contributed by atoms with van der Waals surface area (Å²) in [6.45, 7) is 6.25. The number of anilines is 1. The van der Waals surface area contributed by atoms with Gasteiger partial charge >= 0.3 is 0 Å². The molecule has 5 rings (SSSR count). The van der Waals surface area contributed by atoms with Gasteiger partial charge in [-0.3, -0.25) is 9.88 Å². The quantitative estimate of drug-likeness (QED) is 0.461. The third-order valence-electron chi connectivity index (χ3n) is 7.21. The number of nitrogens with zero attached hydrogens (tertiary/aromatic N) is 4. The molecule has 0 saturated carbocycles. The second kappa shape index (κ2) is 10.9. The van der Waals surface area contributed by atoms with Crippen LogP contribution in [0.25, 0.3) is 22.2 Å². The van der Waals surface area contributed by atoms with E-state index in [1.165, 1.54) is 0 Å². The van der Waals surface area contributed by atoms with Crippen molar-refractivity contribution < 1.29 is 23.7 Å². The third kappa shape index (κ3) is 5.57. The first-order chi connectivity index (χ1) is 17.8. The van der Waals surface area contributed by atoms with Crippen LogP contribution in [0.4, 0.5) is 14.7 Å². The standard InChI is InChI=1S/C27H33F2N5O3/c1-15(2)25-17(12-34-7-5-23(35)20(29)13-34)10-30-21-4-3-16(9-18(21)25)26-19(28)11-31-27(33-26)32-22-6-8-37-14-24(22)36/h3-4,9-11,15,20,22-24,35-36H,5-8,12-14H2,1-2H3,(H,31,32,33)/t20-,22-,23+,24-/m1/s1. The largest absolute Gasteiger partial charge is 0.390 e. The summed E-state index contributed by atoms with van der Waals surface area (Å²) in [4.78, 5) is 15.2. The number of aliphatic hydroxyl groups excluding tert-OH is 2. The lowest BCUT2D eigenvalue weighted by atomic mass is 9.92. The van der Waals surface area contributed by atoms with E-state index in [0.29, 0.717) is 38.1 Å². The Morgan fingerprint density at radius 1 is 1.16 bits per heavy atom. The average Bonchev–Trinajstić information content (AvgIpc) is 2.88. The normalized spacial score (nSPS) is 25.1. The van der Waals surface area contributed by atoms with E-state index in [1.807, 2.05) is 23.2 Å². The van der Waals surface area contributed by atoms with Gasteiger partial charge in [0.2, 0.25) is 5.95 Å². The van der Waals surface area contributed by atoms with E-state index in [1.54, 1.807) is 6.07 Å². The zero-order valence-electron chi connectivity index (χ0n) is 21.1. The number of nitrogens with one attached hydrogen (secondary N) is 1. The zero-order chi connectivity index (χ0) is 26.1. The van der Waals surface area contributed by atoms with Crippen molar-refractivity contribution in [2.24, 2.45) is 0 Å². The van der Waals surface area contributed by atoms with Crippen molar-refractivity contribution in [3.63, 3.8) is 0 Å². The van der Waals surface area contributed by atoms with Crippen LogP contribution in [-0.4, -0.2) is 80.8 Å². The summed E-state index contributed by atoms with van der Waals surface area (Å²) >= 11 is 0. The van der Waals surface area contributed by atoms with Gasteiger partial charge < -0.3 is 20.3 Å². The first-order valence-corrected chi connectivity index (χ1v) is 12.8. The molecule has 2 aromatic heterocycles. The van der Waals surface area contributed by atoms with Crippen LogP contribution in [0, 0.1) is 5.82 Å². The number of fused-ring (bicyclic) bond motifs is 1. The highest BCUT2D eigenvalue weighted by molar-refractivity contribution is 5.88. The lowest BCUT2D eigenvalue weighted by molar-refractivity contribution is -0.0136. The van der Waals surface area contributed by atoms with Crippen molar-refractivity contribution in [3.05, 3.63) is 47.5 Å². The summed E-state index contributed by atoms with van der Waals surface area (Å²) < 4.78 is 34.3. The van der Waals surface area contributed by atoms with Gasteiger partial charge in [-0.2, -0.15) is 0 Å². The number of halogens is 2. The Balaban J connectivity index is 1.48. The maximum Gasteiger partial charge on any atom is 0.223 e. The number of hydrogen-bond acceptors (Lipinski definition) is 8. The highest BCUT2D eigenvalue weighted by Crippen LogP contribution is 2.33. The number of likely N-dealkylation sites (tertiary alicyclic amines) is 1. The van der Waals surface area contributed by atoms with Crippen molar-refractivity contribution >= 4 is 16.9 Å².